The molecule has 1 aromatic carbocycles. The SMILES string of the molecule is CCOC(=O)[C@H]1c2ccccc2C=C[C@H]1C#N. The van der Waals surface area contributed by atoms with Gasteiger partial charge in [0.25, 0.3) is 0 Å². The first-order valence-corrected chi connectivity index (χ1v) is 5.61. The molecule has 2 atom stereocenters. The van der Waals surface area contributed by atoms with Crippen LogP contribution in [0.25, 0.3) is 6.08 Å². The highest BCUT2D eigenvalue weighted by Gasteiger charge is 2.33. The molecular weight excluding hydrogens is 214 g/mol. The van der Waals surface area contributed by atoms with Crippen LogP contribution in [-0.2, 0) is 9.53 Å². The predicted octanol–water partition coefficient (Wildman–Crippen LogP) is 2.50. The first-order chi connectivity index (χ1) is 8.27. The summed E-state index contributed by atoms with van der Waals surface area (Å²) in [4.78, 5) is 11.9. The number of hydrogen-bond acceptors (Lipinski definition) is 3. The Labute approximate surface area is 100 Å². The van der Waals surface area contributed by atoms with Crippen molar-refractivity contribution in [1.29, 1.82) is 5.26 Å². The summed E-state index contributed by atoms with van der Waals surface area (Å²) < 4.78 is 5.05. The van der Waals surface area contributed by atoms with Crippen LogP contribution >= 0.6 is 0 Å². The van der Waals surface area contributed by atoms with Crippen molar-refractivity contribution in [3.05, 3.63) is 41.5 Å². The highest BCUT2D eigenvalue weighted by molar-refractivity contribution is 5.83. The van der Waals surface area contributed by atoms with Gasteiger partial charge in [-0.25, -0.2) is 0 Å². The van der Waals surface area contributed by atoms with Crippen molar-refractivity contribution in [3.8, 4) is 6.07 Å². The molecule has 0 saturated carbocycles. The summed E-state index contributed by atoms with van der Waals surface area (Å²) in [6.07, 6.45) is 3.66. The molecule has 0 spiro atoms. The molecule has 0 aromatic heterocycles. The van der Waals surface area contributed by atoms with E-state index in [9.17, 15) is 4.79 Å². The lowest BCUT2D eigenvalue weighted by Crippen LogP contribution is -2.24. The molecule has 3 heteroatoms. The van der Waals surface area contributed by atoms with Gasteiger partial charge in [0.1, 0.15) is 5.92 Å². The fourth-order valence-electron chi connectivity index (χ4n) is 2.08. The number of carbonyl (C=O) groups is 1. The molecule has 0 amide bonds. The Hall–Kier alpha value is -2.08. The molecule has 3 nitrogen and oxygen atoms in total. The topological polar surface area (TPSA) is 50.1 Å². The van der Waals surface area contributed by atoms with Gasteiger partial charge in [-0.2, -0.15) is 5.26 Å². The summed E-state index contributed by atoms with van der Waals surface area (Å²) in [6, 6.07) is 9.75. The van der Waals surface area contributed by atoms with Gasteiger partial charge in [-0.05, 0) is 18.1 Å². The van der Waals surface area contributed by atoms with E-state index >= 15 is 0 Å². The van der Waals surface area contributed by atoms with Crippen LogP contribution in [0.3, 0.4) is 0 Å². The third kappa shape index (κ3) is 2.07. The normalized spacial score (nSPS) is 21.4. The molecule has 17 heavy (non-hydrogen) atoms. The number of ether oxygens (including phenoxy) is 1. The molecule has 1 aliphatic carbocycles. The summed E-state index contributed by atoms with van der Waals surface area (Å²) in [7, 11) is 0. The van der Waals surface area contributed by atoms with Crippen LogP contribution < -0.4 is 0 Å². The predicted molar refractivity (Wildman–Crippen MR) is 64.0 cm³/mol. The largest absolute Gasteiger partial charge is 0.465 e. The monoisotopic (exact) mass is 227 g/mol. The Morgan fingerprint density at radius 2 is 2.24 bits per heavy atom. The van der Waals surface area contributed by atoms with E-state index in [4.69, 9.17) is 10.00 Å². The van der Waals surface area contributed by atoms with Gasteiger partial charge < -0.3 is 4.74 Å². The first kappa shape index (κ1) is 11.4. The molecule has 0 saturated heterocycles. The van der Waals surface area contributed by atoms with Crippen molar-refractivity contribution in [2.45, 2.75) is 12.8 Å². The number of rotatable bonds is 2. The minimum Gasteiger partial charge on any atom is -0.465 e. The molecule has 1 aliphatic rings. The Balaban J connectivity index is 2.43. The van der Waals surface area contributed by atoms with Crippen LogP contribution in [0.1, 0.15) is 24.0 Å². The molecule has 0 heterocycles. The average Bonchev–Trinajstić information content (AvgIpc) is 2.37. The van der Waals surface area contributed by atoms with Crippen LogP contribution in [0.15, 0.2) is 30.3 Å². The van der Waals surface area contributed by atoms with Gasteiger partial charge in [0.05, 0.1) is 18.6 Å². The first-order valence-electron chi connectivity index (χ1n) is 5.61. The lowest BCUT2D eigenvalue weighted by Gasteiger charge is -2.23. The van der Waals surface area contributed by atoms with Crippen molar-refractivity contribution in [3.63, 3.8) is 0 Å². The molecule has 0 N–H and O–H groups in total. The van der Waals surface area contributed by atoms with Crippen molar-refractivity contribution >= 4 is 12.0 Å². The number of allylic oxidation sites excluding steroid dienone is 1. The molecule has 0 radical (unpaired) electrons. The second-order valence-corrected chi connectivity index (χ2v) is 3.87. The van der Waals surface area contributed by atoms with E-state index in [0.29, 0.717) is 6.61 Å². The molecule has 2 rings (SSSR count). The van der Waals surface area contributed by atoms with E-state index in [1.807, 2.05) is 30.3 Å². The highest BCUT2D eigenvalue weighted by atomic mass is 16.5. The summed E-state index contributed by atoms with van der Waals surface area (Å²) in [5.41, 5.74) is 1.86. The maximum absolute atomic E-state index is 11.9. The van der Waals surface area contributed by atoms with Crippen molar-refractivity contribution in [1.82, 2.24) is 0 Å². The third-order valence-electron chi connectivity index (χ3n) is 2.86. The minimum absolute atomic E-state index is 0.323. The van der Waals surface area contributed by atoms with Gasteiger partial charge in [-0.15, -0.1) is 0 Å². The second-order valence-electron chi connectivity index (χ2n) is 3.87. The molecule has 0 fully saturated rings. The van der Waals surface area contributed by atoms with Gasteiger partial charge >= 0.3 is 5.97 Å². The highest BCUT2D eigenvalue weighted by Crippen LogP contribution is 2.34. The van der Waals surface area contributed by atoms with E-state index in [-0.39, 0.29) is 5.97 Å². The Kier molecular flexibility index (Phi) is 3.24. The number of carbonyl (C=O) groups excluding carboxylic acids is 1. The van der Waals surface area contributed by atoms with Gasteiger partial charge in [-0.3, -0.25) is 4.79 Å². The van der Waals surface area contributed by atoms with Crippen LogP contribution in [-0.4, -0.2) is 12.6 Å². The van der Waals surface area contributed by atoms with E-state index in [0.717, 1.165) is 11.1 Å². The zero-order valence-corrected chi connectivity index (χ0v) is 9.59. The van der Waals surface area contributed by atoms with Gasteiger partial charge in [-0.1, -0.05) is 36.4 Å². The van der Waals surface area contributed by atoms with Crippen LogP contribution in [0.5, 0.6) is 0 Å². The molecule has 1 aromatic rings. The third-order valence-corrected chi connectivity index (χ3v) is 2.86. The van der Waals surface area contributed by atoms with E-state index < -0.39 is 11.8 Å². The van der Waals surface area contributed by atoms with E-state index in [2.05, 4.69) is 6.07 Å². The zero-order valence-electron chi connectivity index (χ0n) is 9.59. The Morgan fingerprint density at radius 1 is 1.47 bits per heavy atom. The van der Waals surface area contributed by atoms with Crippen LogP contribution in [0, 0.1) is 17.2 Å². The fourth-order valence-corrected chi connectivity index (χ4v) is 2.08. The van der Waals surface area contributed by atoms with Gasteiger partial charge in [0.2, 0.25) is 0 Å². The molecule has 86 valence electrons. The van der Waals surface area contributed by atoms with Crippen molar-refractivity contribution in [2.75, 3.05) is 6.61 Å². The van der Waals surface area contributed by atoms with Gasteiger partial charge in [0.15, 0.2) is 0 Å². The van der Waals surface area contributed by atoms with Crippen molar-refractivity contribution < 1.29 is 9.53 Å². The second kappa shape index (κ2) is 4.84. The quantitative estimate of drug-likeness (QED) is 0.729. The van der Waals surface area contributed by atoms with Crippen LogP contribution in [0.4, 0.5) is 0 Å². The number of benzene rings is 1. The summed E-state index contributed by atoms with van der Waals surface area (Å²) in [6.45, 7) is 2.10. The standard InChI is InChI=1S/C14H13NO2/c1-2-17-14(16)13-11(9-15)8-7-10-5-3-4-6-12(10)13/h3-8,11,13H,2H2,1H3/t11-,13+/m0/s1. The van der Waals surface area contributed by atoms with E-state index in [1.165, 1.54) is 0 Å². The number of esters is 1. The van der Waals surface area contributed by atoms with Crippen molar-refractivity contribution in [2.24, 2.45) is 5.92 Å². The lowest BCUT2D eigenvalue weighted by molar-refractivity contribution is -0.145. The molecular formula is C14H13NO2. The number of fused-ring (bicyclic) bond motifs is 1. The van der Waals surface area contributed by atoms with E-state index in [1.54, 1.807) is 13.0 Å². The van der Waals surface area contributed by atoms with Gasteiger partial charge in [0, 0.05) is 0 Å². The summed E-state index contributed by atoms with van der Waals surface area (Å²) >= 11 is 0. The summed E-state index contributed by atoms with van der Waals surface area (Å²) in [5.74, 6) is -1.26. The minimum atomic E-state index is -0.499. The summed E-state index contributed by atoms with van der Waals surface area (Å²) in [5, 5.41) is 9.10. The fraction of sp³-hybridized carbons (Fsp3) is 0.286. The number of nitriles is 1. The molecule has 0 bridgehead atoms. The smallest absolute Gasteiger partial charge is 0.315 e. The Bertz CT molecular complexity index is 499. The average molecular weight is 227 g/mol. The molecule has 0 aliphatic heterocycles. The maximum Gasteiger partial charge on any atom is 0.315 e. The number of hydrogen-bond donors (Lipinski definition) is 0. The lowest BCUT2D eigenvalue weighted by atomic mass is 9.80. The Morgan fingerprint density at radius 3 is 2.94 bits per heavy atom. The molecule has 0 unspecified atom stereocenters. The maximum atomic E-state index is 11.9. The van der Waals surface area contributed by atoms with Crippen LogP contribution in [0.2, 0.25) is 0 Å². The zero-order chi connectivity index (χ0) is 12.3. The number of nitrogens with zero attached hydrogens (tertiary/aromatic N) is 1.